The van der Waals surface area contributed by atoms with Crippen molar-refractivity contribution in [3.63, 3.8) is 0 Å². The Labute approximate surface area is 161 Å². The lowest BCUT2D eigenvalue weighted by Crippen LogP contribution is -2.22. The fourth-order valence-corrected chi connectivity index (χ4v) is 2.48. The molecule has 1 N–H and O–H groups in total. The first-order valence-electron chi connectivity index (χ1n) is 8.09. The second-order valence-corrected chi connectivity index (χ2v) is 6.24. The molecule has 27 heavy (non-hydrogen) atoms. The Bertz CT molecular complexity index is 842. The highest BCUT2D eigenvalue weighted by atomic mass is 35.5. The number of ether oxygens (including phenoxy) is 2. The molecule has 2 aromatic rings. The van der Waals surface area contributed by atoms with Crippen LogP contribution in [0.15, 0.2) is 36.4 Å². The second-order valence-electron chi connectivity index (χ2n) is 5.84. The number of methoxy groups -OCH3 is 1. The van der Waals surface area contributed by atoms with Gasteiger partial charge in [-0.05, 0) is 36.4 Å². The van der Waals surface area contributed by atoms with Gasteiger partial charge in [-0.15, -0.1) is 0 Å². The zero-order valence-electron chi connectivity index (χ0n) is 15.2. The van der Waals surface area contributed by atoms with Crippen molar-refractivity contribution < 1.29 is 23.5 Å². The highest BCUT2D eigenvalue weighted by Crippen LogP contribution is 2.27. The van der Waals surface area contributed by atoms with Crippen LogP contribution in [0.3, 0.4) is 0 Å². The van der Waals surface area contributed by atoms with Crippen molar-refractivity contribution in [2.24, 2.45) is 0 Å². The van der Waals surface area contributed by atoms with E-state index in [1.54, 1.807) is 32.3 Å². The SMILES string of the molecule is COc1ccc(C(=O)N(C)C)cc1NC(=O)CCOc1ccc(F)cc1Cl. The van der Waals surface area contributed by atoms with Crippen LogP contribution in [-0.4, -0.2) is 44.5 Å². The van der Waals surface area contributed by atoms with Crippen molar-refractivity contribution in [3.05, 3.63) is 52.8 Å². The summed E-state index contributed by atoms with van der Waals surface area (Å²) in [5.41, 5.74) is 0.806. The number of rotatable bonds is 7. The standard InChI is InChI=1S/C19H20ClFN2O4/c1-23(2)19(25)12-4-6-17(26-3)15(10-12)22-18(24)8-9-27-16-7-5-13(21)11-14(16)20/h4-7,10-11H,8-9H2,1-3H3,(H,22,24). The van der Waals surface area contributed by atoms with Crippen molar-refractivity contribution >= 4 is 29.1 Å². The number of hydrogen-bond donors (Lipinski definition) is 1. The van der Waals surface area contributed by atoms with E-state index in [0.29, 0.717) is 22.7 Å². The van der Waals surface area contributed by atoms with Crippen LogP contribution in [0.25, 0.3) is 0 Å². The lowest BCUT2D eigenvalue weighted by Gasteiger charge is -2.14. The van der Waals surface area contributed by atoms with E-state index in [1.165, 1.54) is 24.1 Å². The maximum absolute atomic E-state index is 13.0. The summed E-state index contributed by atoms with van der Waals surface area (Å²) in [6, 6.07) is 8.54. The summed E-state index contributed by atoms with van der Waals surface area (Å²) >= 11 is 5.87. The Kier molecular flexibility index (Phi) is 7.01. The van der Waals surface area contributed by atoms with Gasteiger partial charge in [0, 0.05) is 19.7 Å². The first-order valence-corrected chi connectivity index (χ1v) is 8.47. The van der Waals surface area contributed by atoms with E-state index < -0.39 is 5.82 Å². The van der Waals surface area contributed by atoms with Crippen LogP contribution in [0, 0.1) is 5.82 Å². The molecule has 0 aromatic heterocycles. The molecule has 144 valence electrons. The van der Waals surface area contributed by atoms with Gasteiger partial charge in [0.05, 0.1) is 30.8 Å². The highest BCUT2D eigenvalue weighted by Gasteiger charge is 2.14. The molecule has 2 rings (SSSR count). The van der Waals surface area contributed by atoms with Crippen molar-refractivity contribution in [1.82, 2.24) is 4.90 Å². The number of carbonyl (C=O) groups excluding carboxylic acids is 2. The molecule has 0 aliphatic carbocycles. The molecule has 0 spiro atoms. The average molecular weight is 395 g/mol. The van der Waals surface area contributed by atoms with Gasteiger partial charge in [0.15, 0.2) is 0 Å². The van der Waals surface area contributed by atoms with E-state index in [0.717, 1.165) is 6.07 Å². The van der Waals surface area contributed by atoms with Crippen molar-refractivity contribution in [2.75, 3.05) is 33.1 Å². The summed E-state index contributed by atoms with van der Waals surface area (Å²) in [4.78, 5) is 25.7. The second kappa shape index (κ2) is 9.23. The van der Waals surface area contributed by atoms with Gasteiger partial charge in [-0.25, -0.2) is 4.39 Å². The zero-order valence-corrected chi connectivity index (χ0v) is 16.0. The molecule has 0 bridgehead atoms. The monoisotopic (exact) mass is 394 g/mol. The highest BCUT2D eigenvalue weighted by molar-refractivity contribution is 6.32. The van der Waals surface area contributed by atoms with Gasteiger partial charge >= 0.3 is 0 Å². The molecule has 2 amide bonds. The van der Waals surface area contributed by atoms with Gasteiger partial charge in [0.1, 0.15) is 17.3 Å². The number of nitrogens with zero attached hydrogens (tertiary/aromatic N) is 1. The number of hydrogen-bond acceptors (Lipinski definition) is 4. The molecule has 2 aromatic carbocycles. The number of carbonyl (C=O) groups is 2. The Morgan fingerprint density at radius 3 is 2.48 bits per heavy atom. The normalized spacial score (nSPS) is 10.3. The third-order valence-corrected chi connectivity index (χ3v) is 3.90. The Morgan fingerprint density at radius 2 is 1.85 bits per heavy atom. The maximum Gasteiger partial charge on any atom is 0.253 e. The lowest BCUT2D eigenvalue weighted by molar-refractivity contribution is -0.116. The quantitative estimate of drug-likeness (QED) is 0.779. The van der Waals surface area contributed by atoms with Gasteiger partial charge < -0.3 is 19.7 Å². The average Bonchev–Trinajstić information content (AvgIpc) is 2.62. The third-order valence-electron chi connectivity index (χ3n) is 3.61. The Balaban J connectivity index is 1.99. The van der Waals surface area contributed by atoms with Crippen LogP contribution in [0.1, 0.15) is 16.8 Å². The molecule has 0 aliphatic heterocycles. The van der Waals surface area contributed by atoms with Gasteiger partial charge in [-0.2, -0.15) is 0 Å². The van der Waals surface area contributed by atoms with E-state index in [1.807, 2.05) is 0 Å². The summed E-state index contributed by atoms with van der Waals surface area (Å²) < 4.78 is 23.6. The van der Waals surface area contributed by atoms with Gasteiger partial charge in [0.25, 0.3) is 5.91 Å². The van der Waals surface area contributed by atoms with Gasteiger partial charge in [-0.3, -0.25) is 9.59 Å². The molecule has 0 atom stereocenters. The molecule has 0 aliphatic rings. The summed E-state index contributed by atoms with van der Waals surface area (Å²) in [6.07, 6.45) is 0.0305. The fourth-order valence-electron chi connectivity index (χ4n) is 2.26. The van der Waals surface area contributed by atoms with E-state index >= 15 is 0 Å². The molecular formula is C19H20ClFN2O4. The van der Waals surface area contributed by atoms with Crippen LogP contribution >= 0.6 is 11.6 Å². The van der Waals surface area contributed by atoms with Crippen LogP contribution in [0.5, 0.6) is 11.5 Å². The van der Waals surface area contributed by atoms with Crippen LogP contribution in [-0.2, 0) is 4.79 Å². The van der Waals surface area contributed by atoms with Crippen LogP contribution < -0.4 is 14.8 Å². The third kappa shape index (κ3) is 5.59. The van der Waals surface area contributed by atoms with Crippen molar-refractivity contribution in [3.8, 4) is 11.5 Å². The summed E-state index contributed by atoms with van der Waals surface area (Å²) in [5, 5.41) is 2.83. The molecular weight excluding hydrogens is 375 g/mol. The predicted octanol–water partition coefficient (Wildman–Crippen LogP) is 3.60. The summed E-state index contributed by atoms with van der Waals surface area (Å²) in [6.45, 7) is 0.0514. The Morgan fingerprint density at radius 1 is 1.15 bits per heavy atom. The minimum atomic E-state index is -0.468. The summed E-state index contributed by atoms with van der Waals surface area (Å²) in [5.74, 6) is -0.268. The molecule has 0 saturated carbocycles. The lowest BCUT2D eigenvalue weighted by atomic mass is 10.1. The number of anilines is 1. The molecule has 0 heterocycles. The topological polar surface area (TPSA) is 67.9 Å². The number of nitrogens with one attached hydrogen (secondary N) is 1. The van der Waals surface area contributed by atoms with E-state index in [9.17, 15) is 14.0 Å². The summed E-state index contributed by atoms with van der Waals surface area (Å²) in [7, 11) is 4.75. The maximum atomic E-state index is 13.0. The molecule has 0 saturated heterocycles. The minimum Gasteiger partial charge on any atom is -0.495 e. The first-order chi connectivity index (χ1) is 12.8. The van der Waals surface area contributed by atoms with Crippen molar-refractivity contribution in [2.45, 2.75) is 6.42 Å². The minimum absolute atomic E-state index is 0.0305. The molecule has 0 fully saturated rings. The largest absolute Gasteiger partial charge is 0.495 e. The number of amides is 2. The zero-order chi connectivity index (χ0) is 20.0. The fraction of sp³-hybridized carbons (Fsp3) is 0.263. The Hall–Kier alpha value is -2.80. The molecule has 6 nitrogen and oxygen atoms in total. The van der Waals surface area contributed by atoms with E-state index in [4.69, 9.17) is 21.1 Å². The predicted molar refractivity (Wildman–Crippen MR) is 101 cm³/mol. The number of halogens is 2. The molecule has 0 unspecified atom stereocenters. The molecule has 0 radical (unpaired) electrons. The smallest absolute Gasteiger partial charge is 0.253 e. The van der Waals surface area contributed by atoms with Crippen LogP contribution in [0.4, 0.5) is 10.1 Å². The first kappa shape index (κ1) is 20.5. The van der Waals surface area contributed by atoms with Crippen LogP contribution in [0.2, 0.25) is 5.02 Å². The van der Waals surface area contributed by atoms with E-state index in [-0.39, 0.29) is 29.9 Å². The molecule has 8 heteroatoms. The van der Waals surface area contributed by atoms with Gasteiger partial charge in [-0.1, -0.05) is 11.6 Å². The van der Waals surface area contributed by atoms with Crippen molar-refractivity contribution in [1.29, 1.82) is 0 Å². The van der Waals surface area contributed by atoms with E-state index in [2.05, 4.69) is 5.32 Å². The number of benzene rings is 2. The van der Waals surface area contributed by atoms with Gasteiger partial charge in [0.2, 0.25) is 5.91 Å².